The number of sulfonamides is 1. The fraction of sp³-hybridized carbons (Fsp3) is 0.375. The summed E-state index contributed by atoms with van der Waals surface area (Å²) in [5.74, 6) is 0.0622. The van der Waals surface area contributed by atoms with Crippen LogP contribution in [0.4, 0.5) is 11.4 Å². The van der Waals surface area contributed by atoms with Gasteiger partial charge in [-0.2, -0.15) is 5.10 Å². The number of ether oxygens (including phenoxy) is 1. The number of carbonyl (C=O) groups is 1. The van der Waals surface area contributed by atoms with Gasteiger partial charge in [-0.15, -0.1) is 0 Å². The summed E-state index contributed by atoms with van der Waals surface area (Å²) in [6.45, 7) is 7.76. The molecule has 8 nitrogen and oxygen atoms in total. The molecule has 0 unspecified atom stereocenters. The summed E-state index contributed by atoms with van der Waals surface area (Å²) < 4.78 is 35.3. The van der Waals surface area contributed by atoms with E-state index in [4.69, 9.17) is 4.74 Å². The summed E-state index contributed by atoms with van der Waals surface area (Å²) in [4.78, 5) is 11.7. The van der Waals surface area contributed by atoms with Crippen LogP contribution in [0.1, 0.15) is 25.2 Å². The zero-order chi connectivity index (χ0) is 18.4. The summed E-state index contributed by atoms with van der Waals surface area (Å²) in [6, 6.07) is 4.35. The van der Waals surface area contributed by atoms with Gasteiger partial charge in [0.05, 0.1) is 27.7 Å². The van der Waals surface area contributed by atoms with Gasteiger partial charge in [0.2, 0.25) is 0 Å². The van der Waals surface area contributed by atoms with Crippen LogP contribution in [0.5, 0.6) is 5.75 Å². The molecule has 0 fully saturated rings. The molecule has 25 heavy (non-hydrogen) atoms. The topological polar surface area (TPSA) is 102 Å². The first-order valence-electron chi connectivity index (χ1n) is 7.91. The first-order chi connectivity index (χ1) is 11.7. The third-order valence-corrected chi connectivity index (χ3v) is 5.46. The Morgan fingerprint density at radius 3 is 2.72 bits per heavy atom. The molecule has 0 aliphatic carbocycles. The molecule has 0 saturated carbocycles. The van der Waals surface area contributed by atoms with Crippen molar-refractivity contribution in [3.63, 3.8) is 0 Å². The van der Waals surface area contributed by atoms with Crippen LogP contribution in [-0.4, -0.2) is 30.2 Å². The van der Waals surface area contributed by atoms with Gasteiger partial charge in [0.1, 0.15) is 5.75 Å². The number of hydrogen-bond acceptors (Lipinski definition) is 5. The summed E-state index contributed by atoms with van der Waals surface area (Å²) in [5, 5.41) is 6.99. The van der Waals surface area contributed by atoms with Gasteiger partial charge < -0.3 is 10.1 Å². The Balaban J connectivity index is 1.95. The van der Waals surface area contributed by atoms with E-state index < -0.39 is 16.1 Å². The second-order valence-corrected chi connectivity index (χ2v) is 7.56. The van der Waals surface area contributed by atoms with Crippen molar-refractivity contribution in [3.05, 3.63) is 29.6 Å². The highest BCUT2D eigenvalue weighted by Gasteiger charge is 2.26. The minimum Gasteiger partial charge on any atom is -0.479 e. The number of carbonyl (C=O) groups excluding carboxylic acids is 1. The van der Waals surface area contributed by atoms with E-state index in [1.807, 2.05) is 13.8 Å². The summed E-state index contributed by atoms with van der Waals surface area (Å²) in [6.07, 6.45) is -0.675. The molecule has 1 atom stereocenters. The van der Waals surface area contributed by atoms with Crippen molar-refractivity contribution < 1.29 is 17.9 Å². The van der Waals surface area contributed by atoms with Crippen molar-refractivity contribution in [1.29, 1.82) is 0 Å². The number of aromatic nitrogens is 2. The fourth-order valence-electron chi connectivity index (χ4n) is 2.69. The molecule has 9 heteroatoms. The zero-order valence-electron chi connectivity index (χ0n) is 14.5. The van der Waals surface area contributed by atoms with Crippen molar-refractivity contribution in [2.24, 2.45) is 0 Å². The molecule has 1 aromatic carbocycles. The Morgan fingerprint density at radius 1 is 1.36 bits per heavy atom. The average Bonchev–Trinajstić information content (AvgIpc) is 2.82. The highest BCUT2D eigenvalue weighted by Crippen LogP contribution is 2.33. The highest BCUT2D eigenvalue weighted by molar-refractivity contribution is 7.92. The first-order valence-corrected chi connectivity index (χ1v) is 9.39. The summed E-state index contributed by atoms with van der Waals surface area (Å²) >= 11 is 0. The third kappa shape index (κ3) is 3.07. The smallest absolute Gasteiger partial charge is 0.265 e. The maximum Gasteiger partial charge on any atom is 0.265 e. The monoisotopic (exact) mass is 364 g/mol. The number of benzene rings is 1. The van der Waals surface area contributed by atoms with E-state index in [9.17, 15) is 13.2 Å². The standard InChI is InChI=1S/C16H20N4O4S/c1-5-20-10(3)15(9(2)18-20)19-25(22,23)12-6-7-13-14(8-12)24-11(4)16(21)17-13/h6-8,11,19H,5H2,1-4H3,(H,17,21)/t11-/m1/s1. The van der Waals surface area contributed by atoms with Crippen LogP contribution in [0.2, 0.25) is 0 Å². The van der Waals surface area contributed by atoms with E-state index in [1.54, 1.807) is 18.5 Å². The highest BCUT2D eigenvalue weighted by atomic mass is 32.2. The number of fused-ring (bicyclic) bond motifs is 1. The predicted octanol–water partition coefficient (Wildman–Crippen LogP) is 2.04. The zero-order valence-corrected chi connectivity index (χ0v) is 15.3. The van der Waals surface area contributed by atoms with Gasteiger partial charge in [-0.25, -0.2) is 8.42 Å². The van der Waals surface area contributed by atoms with Crippen molar-refractivity contribution in [3.8, 4) is 5.75 Å². The molecule has 2 N–H and O–H groups in total. The second kappa shape index (κ2) is 6.07. The van der Waals surface area contributed by atoms with Gasteiger partial charge in [0.25, 0.3) is 15.9 Å². The second-order valence-electron chi connectivity index (χ2n) is 5.87. The Kier molecular flexibility index (Phi) is 4.19. The van der Waals surface area contributed by atoms with Gasteiger partial charge in [0.15, 0.2) is 6.10 Å². The van der Waals surface area contributed by atoms with Crippen LogP contribution >= 0.6 is 0 Å². The molecule has 3 rings (SSSR count). The van der Waals surface area contributed by atoms with Gasteiger partial charge in [-0.05, 0) is 39.8 Å². The molecular formula is C16H20N4O4S. The van der Waals surface area contributed by atoms with Crippen LogP contribution < -0.4 is 14.8 Å². The molecule has 1 aliphatic rings. The number of nitrogens with zero attached hydrogens (tertiary/aromatic N) is 2. The van der Waals surface area contributed by atoms with E-state index in [-0.39, 0.29) is 10.8 Å². The molecule has 2 aromatic rings. The minimum absolute atomic E-state index is 0.0534. The lowest BCUT2D eigenvalue weighted by atomic mass is 10.2. The van der Waals surface area contributed by atoms with E-state index in [0.717, 1.165) is 5.69 Å². The van der Waals surface area contributed by atoms with Crippen molar-refractivity contribution in [1.82, 2.24) is 9.78 Å². The first kappa shape index (κ1) is 17.3. The number of aryl methyl sites for hydroxylation is 2. The molecule has 0 bridgehead atoms. The quantitative estimate of drug-likeness (QED) is 0.864. The van der Waals surface area contributed by atoms with E-state index >= 15 is 0 Å². The Morgan fingerprint density at radius 2 is 2.08 bits per heavy atom. The fourth-order valence-corrected chi connectivity index (χ4v) is 3.89. The number of nitrogens with one attached hydrogen (secondary N) is 2. The van der Waals surface area contributed by atoms with Crippen LogP contribution in [0, 0.1) is 13.8 Å². The molecule has 1 aromatic heterocycles. The molecule has 0 spiro atoms. The van der Waals surface area contributed by atoms with Crippen molar-refractivity contribution in [2.45, 2.75) is 45.2 Å². The van der Waals surface area contributed by atoms with E-state index in [1.165, 1.54) is 18.2 Å². The predicted molar refractivity (Wildman–Crippen MR) is 93.3 cm³/mol. The van der Waals surface area contributed by atoms with Crippen LogP contribution in [0.25, 0.3) is 0 Å². The Hall–Kier alpha value is -2.55. The maximum absolute atomic E-state index is 12.7. The van der Waals surface area contributed by atoms with Crippen LogP contribution in [0.3, 0.4) is 0 Å². The number of amides is 1. The number of hydrogen-bond donors (Lipinski definition) is 2. The summed E-state index contributed by atoms with van der Waals surface area (Å²) in [7, 11) is -3.81. The maximum atomic E-state index is 12.7. The lowest BCUT2D eigenvalue weighted by Gasteiger charge is -2.23. The van der Waals surface area contributed by atoms with Gasteiger partial charge in [-0.3, -0.25) is 14.2 Å². The van der Waals surface area contributed by atoms with Crippen LogP contribution in [0.15, 0.2) is 23.1 Å². The van der Waals surface area contributed by atoms with Crippen molar-refractivity contribution >= 4 is 27.3 Å². The van der Waals surface area contributed by atoms with Crippen molar-refractivity contribution in [2.75, 3.05) is 10.0 Å². The molecule has 134 valence electrons. The minimum atomic E-state index is -3.81. The third-order valence-electron chi connectivity index (χ3n) is 4.11. The van der Waals surface area contributed by atoms with E-state index in [2.05, 4.69) is 15.1 Å². The number of anilines is 2. The van der Waals surface area contributed by atoms with E-state index in [0.29, 0.717) is 29.4 Å². The average molecular weight is 364 g/mol. The lowest BCUT2D eigenvalue weighted by Crippen LogP contribution is -2.34. The SMILES string of the molecule is CCn1nc(C)c(NS(=O)(=O)c2ccc3c(c2)O[C@H](C)C(=O)N3)c1C. The molecule has 1 aliphatic heterocycles. The largest absolute Gasteiger partial charge is 0.479 e. The Labute approximate surface area is 146 Å². The molecule has 0 radical (unpaired) electrons. The molecular weight excluding hydrogens is 344 g/mol. The summed E-state index contributed by atoms with van der Waals surface area (Å²) in [5.41, 5.74) is 2.28. The van der Waals surface area contributed by atoms with Gasteiger partial charge >= 0.3 is 0 Å². The Bertz CT molecular complexity index is 949. The normalized spacial score (nSPS) is 16.8. The van der Waals surface area contributed by atoms with Gasteiger partial charge in [0, 0.05) is 12.6 Å². The molecule has 2 heterocycles. The number of rotatable bonds is 4. The molecule has 0 saturated heterocycles. The van der Waals surface area contributed by atoms with Gasteiger partial charge in [-0.1, -0.05) is 0 Å². The lowest BCUT2D eigenvalue weighted by molar-refractivity contribution is -0.122. The van der Waals surface area contributed by atoms with Crippen LogP contribution in [-0.2, 0) is 21.4 Å². The molecule has 1 amide bonds.